The molecule has 0 saturated carbocycles. The third kappa shape index (κ3) is 5.39. The van der Waals surface area contributed by atoms with Gasteiger partial charge in [0.25, 0.3) is 5.91 Å². The first-order chi connectivity index (χ1) is 15.1. The van der Waals surface area contributed by atoms with E-state index in [1.165, 1.54) is 0 Å². The summed E-state index contributed by atoms with van der Waals surface area (Å²) in [6.45, 7) is 8.21. The van der Waals surface area contributed by atoms with E-state index in [0.717, 1.165) is 24.1 Å². The van der Waals surface area contributed by atoms with E-state index in [4.69, 9.17) is 0 Å². The van der Waals surface area contributed by atoms with Crippen LogP contribution in [0.2, 0.25) is 0 Å². The van der Waals surface area contributed by atoms with Crippen molar-refractivity contribution < 1.29 is 19.5 Å². The number of aromatic hydroxyl groups is 1. The number of ketones is 1. The highest BCUT2D eigenvalue weighted by atomic mass is 16.3. The van der Waals surface area contributed by atoms with Gasteiger partial charge in [-0.2, -0.15) is 0 Å². The van der Waals surface area contributed by atoms with Crippen LogP contribution in [0.4, 0.5) is 0 Å². The van der Waals surface area contributed by atoms with Gasteiger partial charge in [0.05, 0.1) is 0 Å². The molecule has 3 rings (SSSR count). The minimum atomic E-state index is -0.675. The second-order valence-corrected chi connectivity index (χ2v) is 9.47. The van der Waals surface area contributed by atoms with Crippen molar-refractivity contribution >= 4 is 17.6 Å². The molecule has 0 spiro atoms. The maximum absolute atomic E-state index is 13.1. The number of unbranched alkanes of at least 4 members (excludes halogenated alkanes) is 1. The zero-order valence-electron chi connectivity index (χ0n) is 19.3. The van der Waals surface area contributed by atoms with E-state index in [2.05, 4.69) is 15.6 Å². The molecule has 32 heavy (non-hydrogen) atoms. The quantitative estimate of drug-likeness (QED) is 0.501. The molecule has 1 atom stereocenters. The molecule has 4 N–H and O–H groups in total. The summed E-state index contributed by atoms with van der Waals surface area (Å²) in [4.78, 5) is 41.7. The molecule has 2 aromatic rings. The molecule has 1 aliphatic carbocycles. The Morgan fingerprint density at radius 3 is 2.53 bits per heavy atom. The lowest BCUT2D eigenvalue weighted by Crippen LogP contribution is -2.46. The van der Waals surface area contributed by atoms with Gasteiger partial charge in [0.2, 0.25) is 5.91 Å². The maximum Gasteiger partial charge on any atom is 0.268 e. The standard InChI is InChI=1S/C25H33N3O4/c1-5-6-7-18(23(31)26-14-16-8-10-17(29)11-9-16)28-24(32)22-15(2)21-19(27-22)12-25(3,4)13-20(21)30/h8-11,18,27,29H,5-7,12-14H2,1-4H3,(H,26,31)(H,28,32). The lowest BCUT2D eigenvalue weighted by molar-refractivity contribution is -0.123. The third-order valence-electron chi connectivity index (χ3n) is 6.00. The van der Waals surface area contributed by atoms with E-state index < -0.39 is 6.04 Å². The summed E-state index contributed by atoms with van der Waals surface area (Å²) in [7, 11) is 0. The highest BCUT2D eigenvalue weighted by molar-refractivity contribution is 6.05. The molecular formula is C25H33N3O4. The van der Waals surface area contributed by atoms with Gasteiger partial charge >= 0.3 is 0 Å². The molecule has 7 heteroatoms. The molecule has 1 aliphatic rings. The molecule has 1 aromatic heterocycles. The van der Waals surface area contributed by atoms with Gasteiger partial charge in [-0.3, -0.25) is 14.4 Å². The molecule has 0 fully saturated rings. The van der Waals surface area contributed by atoms with Crippen molar-refractivity contribution in [1.29, 1.82) is 0 Å². The summed E-state index contributed by atoms with van der Waals surface area (Å²) in [5.74, 6) is -0.410. The summed E-state index contributed by atoms with van der Waals surface area (Å²) in [5, 5.41) is 15.1. The van der Waals surface area contributed by atoms with Crippen LogP contribution in [0.3, 0.4) is 0 Å². The van der Waals surface area contributed by atoms with Crippen molar-refractivity contribution in [3.63, 3.8) is 0 Å². The van der Waals surface area contributed by atoms with Crippen LogP contribution >= 0.6 is 0 Å². The number of phenolic OH excluding ortho intramolecular Hbond substituents is 1. The van der Waals surface area contributed by atoms with E-state index in [-0.39, 0.29) is 28.8 Å². The van der Waals surface area contributed by atoms with Crippen LogP contribution in [0.5, 0.6) is 5.75 Å². The van der Waals surface area contributed by atoms with Gasteiger partial charge in [0.15, 0.2) is 5.78 Å². The van der Waals surface area contributed by atoms with Crippen LogP contribution in [0.15, 0.2) is 24.3 Å². The van der Waals surface area contributed by atoms with Gasteiger partial charge < -0.3 is 20.7 Å². The molecular weight excluding hydrogens is 406 g/mol. The number of carbonyl (C=O) groups excluding carboxylic acids is 3. The minimum Gasteiger partial charge on any atom is -0.508 e. The summed E-state index contributed by atoms with van der Waals surface area (Å²) in [6, 6.07) is 5.93. The average Bonchev–Trinajstić information content (AvgIpc) is 3.05. The van der Waals surface area contributed by atoms with Gasteiger partial charge in [0, 0.05) is 24.2 Å². The number of hydrogen-bond acceptors (Lipinski definition) is 4. The highest BCUT2D eigenvalue weighted by Gasteiger charge is 2.35. The number of aromatic amines is 1. The fourth-order valence-electron chi connectivity index (χ4n) is 4.29. The van der Waals surface area contributed by atoms with Crippen LogP contribution in [-0.4, -0.2) is 33.7 Å². The Bertz CT molecular complexity index is 1000. The Labute approximate surface area is 189 Å². The lowest BCUT2D eigenvalue weighted by atomic mass is 9.75. The number of rotatable bonds is 8. The maximum atomic E-state index is 13.1. The van der Waals surface area contributed by atoms with Gasteiger partial charge in [-0.05, 0) is 48.4 Å². The first-order valence-electron chi connectivity index (χ1n) is 11.2. The smallest absolute Gasteiger partial charge is 0.268 e. The predicted octanol–water partition coefficient (Wildman–Crippen LogP) is 3.79. The Morgan fingerprint density at radius 2 is 1.88 bits per heavy atom. The molecule has 2 amide bonds. The van der Waals surface area contributed by atoms with E-state index >= 15 is 0 Å². The Kier molecular flexibility index (Phi) is 7.06. The topological polar surface area (TPSA) is 111 Å². The zero-order chi connectivity index (χ0) is 23.5. The number of nitrogens with one attached hydrogen (secondary N) is 3. The minimum absolute atomic E-state index is 0.0539. The number of H-pyrrole nitrogens is 1. The van der Waals surface area contributed by atoms with Gasteiger partial charge in [-0.25, -0.2) is 0 Å². The summed E-state index contributed by atoms with van der Waals surface area (Å²) in [6.07, 6.45) is 3.38. The largest absolute Gasteiger partial charge is 0.508 e. The summed E-state index contributed by atoms with van der Waals surface area (Å²) >= 11 is 0. The van der Waals surface area contributed by atoms with Crippen molar-refractivity contribution in [2.75, 3.05) is 0 Å². The van der Waals surface area contributed by atoms with Crippen molar-refractivity contribution in [2.45, 2.75) is 72.4 Å². The van der Waals surface area contributed by atoms with Crippen LogP contribution in [0.25, 0.3) is 0 Å². The number of aromatic nitrogens is 1. The van der Waals surface area contributed by atoms with Crippen molar-refractivity contribution in [3.8, 4) is 5.75 Å². The van der Waals surface area contributed by atoms with Gasteiger partial charge in [0.1, 0.15) is 17.5 Å². The number of Topliss-reactive ketones (excluding diaryl/α,β-unsaturated/α-hetero) is 1. The second kappa shape index (κ2) is 9.59. The average molecular weight is 440 g/mol. The van der Waals surface area contributed by atoms with E-state index in [1.54, 1.807) is 31.2 Å². The predicted molar refractivity (Wildman–Crippen MR) is 123 cm³/mol. The van der Waals surface area contributed by atoms with Crippen LogP contribution in [0.1, 0.15) is 84.1 Å². The third-order valence-corrected chi connectivity index (χ3v) is 6.00. The van der Waals surface area contributed by atoms with E-state index in [0.29, 0.717) is 42.6 Å². The van der Waals surface area contributed by atoms with Crippen molar-refractivity contribution in [2.24, 2.45) is 5.41 Å². The fourth-order valence-corrected chi connectivity index (χ4v) is 4.29. The van der Waals surface area contributed by atoms with Crippen LogP contribution < -0.4 is 10.6 Å². The van der Waals surface area contributed by atoms with Gasteiger partial charge in [-0.15, -0.1) is 0 Å². The molecule has 172 valence electrons. The van der Waals surface area contributed by atoms with Gasteiger partial charge in [-0.1, -0.05) is 45.7 Å². The number of fused-ring (bicyclic) bond motifs is 1. The monoisotopic (exact) mass is 439 g/mol. The molecule has 7 nitrogen and oxygen atoms in total. The number of phenols is 1. The first-order valence-corrected chi connectivity index (χ1v) is 11.2. The summed E-state index contributed by atoms with van der Waals surface area (Å²) < 4.78 is 0. The van der Waals surface area contributed by atoms with Crippen LogP contribution in [-0.2, 0) is 17.8 Å². The van der Waals surface area contributed by atoms with Crippen molar-refractivity contribution in [3.05, 3.63) is 52.3 Å². The first kappa shape index (κ1) is 23.6. The number of carbonyl (C=O) groups is 3. The summed E-state index contributed by atoms with van der Waals surface area (Å²) in [5.41, 5.74) is 3.14. The number of benzene rings is 1. The Hall–Kier alpha value is -3.09. The second-order valence-electron chi connectivity index (χ2n) is 9.47. The molecule has 1 aromatic carbocycles. The molecule has 0 bridgehead atoms. The lowest BCUT2D eigenvalue weighted by Gasteiger charge is -2.28. The number of hydrogen-bond donors (Lipinski definition) is 4. The molecule has 0 saturated heterocycles. The van der Waals surface area contributed by atoms with Crippen LogP contribution in [0, 0.1) is 12.3 Å². The highest BCUT2D eigenvalue weighted by Crippen LogP contribution is 2.36. The molecule has 1 heterocycles. The normalized spacial score (nSPS) is 15.7. The molecule has 0 radical (unpaired) electrons. The Morgan fingerprint density at radius 1 is 1.19 bits per heavy atom. The fraction of sp³-hybridized carbons (Fsp3) is 0.480. The molecule has 0 aliphatic heterocycles. The Balaban J connectivity index is 1.72. The zero-order valence-corrected chi connectivity index (χ0v) is 19.3. The number of amides is 2. The van der Waals surface area contributed by atoms with Crippen molar-refractivity contribution in [1.82, 2.24) is 15.6 Å². The SMILES string of the molecule is CCCCC(NC(=O)c1[nH]c2c(c1C)C(=O)CC(C)(C)C2)C(=O)NCc1ccc(O)cc1. The van der Waals surface area contributed by atoms with E-state index in [9.17, 15) is 19.5 Å². The van der Waals surface area contributed by atoms with E-state index in [1.807, 2.05) is 20.8 Å². The molecule has 1 unspecified atom stereocenters.